The maximum absolute atomic E-state index is 6.00. The van der Waals surface area contributed by atoms with E-state index in [1.54, 1.807) is 0 Å². The lowest BCUT2D eigenvalue weighted by atomic mass is 9.99. The summed E-state index contributed by atoms with van der Waals surface area (Å²) in [4.78, 5) is 5.34. The molecule has 0 atom stereocenters. The fraction of sp³-hybridized carbons (Fsp3) is 1.00. The van der Waals surface area contributed by atoms with Crippen LogP contribution in [0.2, 0.25) is 0 Å². The van der Waals surface area contributed by atoms with Crippen LogP contribution in [0.5, 0.6) is 0 Å². The molecule has 3 aliphatic heterocycles. The van der Waals surface area contributed by atoms with E-state index in [1.807, 2.05) is 0 Å². The summed E-state index contributed by atoms with van der Waals surface area (Å²) in [6.07, 6.45) is 7.00. The maximum Gasteiger partial charge on any atom is 0.0902 e. The average Bonchev–Trinajstić information content (AvgIpc) is 2.47. The van der Waals surface area contributed by atoms with E-state index in [0.29, 0.717) is 0 Å². The lowest BCUT2D eigenvalue weighted by Gasteiger charge is -2.41. The zero-order valence-corrected chi connectivity index (χ0v) is 13.1. The molecule has 3 saturated heterocycles. The lowest BCUT2D eigenvalue weighted by molar-refractivity contribution is -0.0740. The molecule has 3 aliphatic rings. The van der Waals surface area contributed by atoms with Crippen molar-refractivity contribution in [1.82, 2.24) is 15.1 Å². The Morgan fingerprint density at radius 2 is 1.75 bits per heavy atom. The molecule has 0 radical (unpaired) electrons. The second kappa shape index (κ2) is 6.73. The third-order valence-corrected chi connectivity index (χ3v) is 5.32. The Morgan fingerprint density at radius 3 is 2.35 bits per heavy atom. The number of hydrogen-bond donors (Lipinski definition) is 1. The Morgan fingerprint density at radius 1 is 1.05 bits per heavy atom. The molecule has 0 spiro atoms. The zero-order valence-electron chi connectivity index (χ0n) is 13.1. The molecule has 0 aromatic rings. The van der Waals surface area contributed by atoms with Gasteiger partial charge in [0.25, 0.3) is 0 Å². The van der Waals surface area contributed by atoms with Crippen LogP contribution in [-0.2, 0) is 4.74 Å². The highest BCUT2D eigenvalue weighted by Gasteiger charge is 2.32. The molecule has 0 unspecified atom stereocenters. The summed E-state index contributed by atoms with van der Waals surface area (Å²) in [5.41, 5.74) is 0.117. The van der Waals surface area contributed by atoms with Crippen LogP contribution in [0.25, 0.3) is 0 Å². The van der Waals surface area contributed by atoms with Crippen LogP contribution in [0.1, 0.15) is 39.0 Å². The molecule has 3 rings (SSSR count). The Labute approximate surface area is 123 Å². The van der Waals surface area contributed by atoms with Gasteiger partial charge in [-0.3, -0.25) is 0 Å². The molecule has 4 heteroatoms. The molecule has 0 aromatic heterocycles. The third kappa shape index (κ3) is 3.73. The van der Waals surface area contributed by atoms with E-state index in [-0.39, 0.29) is 5.60 Å². The largest absolute Gasteiger partial charge is 0.371 e. The van der Waals surface area contributed by atoms with Gasteiger partial charge in [-0.1, -0.05) is 6.42 Å². The summed E-state index contributed by atoms with van der Waals surface area (Å²) in [6, 6.07) is 0.862. The SMILES string of the molecule is CC1(OCCN2CCC(N3CCCCC3)CC2)CNC1. The summed E-state index contributed by atoms with van der Waals surface area (Å²) < 4.78 is 6.00. The summed E-state index contributed by atoms with van der Waals surface area (Å²) in [7, 11) is 0. The van der Waals surface area contributed by atoms with Gasteiger partial charge in [-0.05, 0) is 58.8 Å². The van der Waals surface area contributed by atoms with Gasteiger partial charge in [-0.15, -0.1) is 0 Å². The van der Waals surface area contributed by atoms with E-state index in [4.69, 9.17) is 4.74 Å². The molecule has 0 aromatic carbocycles. The van der Waals surface area contributed by atoms with E-state index in [1.165, 1.54) is 58.3 Å². The van der Waals surface area contributed by atoms with E-state index in [9.17, 15) is 0 Å². The van der Waals surface area contributed by atoms with Crippen LogP contribution >= 0.6 is 0 Å². The fourth-order valence-electron chi connectivity index (χ4n) is 3.79. The van der Waals surface area contributed by atoms with Crippen molar-refractivity contribution in [3.05, 3.63) is 0 Å². The molecular formula is C16H31N3O. The zero-order chi connectivity index (χ0) is 13.8. The summed E-state index contributed by atoms with van der Waals surface area (Å²) >= 11 is 0. The molecule has 1 N–H and O–H groups in total. The predicted octanol–water partition coefficient (Wildman–Crippen LogP) is 1.32. The van der Waals surface area contributed by atoms with Gasteiger partial charge in [0.15, 0.2) is 0 Å². The molecule has 4 nitrogen and oxygen atoms in total. The molecular weight excluding hydrogens is 250 g/mol. The van der Waals surface area contributed by atoms with Crippen molar-refractivity contribution in [1.29, 1.82) is 0 Å². The monoisotopic (exact) mass is 281 g/mol. The van der Waals surface area contributed by atoms with Gasteiger partial charge in [0.1, 0.15) is 0 Å². The molecule has 3 heterocycles. The van der Waals surface area contributed by atoms with E-state index < -0.39 is 0 Å². The number of nitrogens with one attached hydrogen (secondary N) is 1. The summed E-state index contributed by atoms with van der Waals surface area (Å²) in [5, 5.41) is 3.29. The first-order chi connectivity index (χ1) is 9.75. The van der Waals surface area contributed by atoms with Crippen LogP contribution in [0, 0.1) is 0 Å². The van der Waals surface area contributed by atoms with Crippen LogP contribution in [0.4, 0.5) is 0 Å². The lowest BCUT2D eigenvalue weighted by Crippen LogP contribution is -2.59. The molecule has 0 amide bonds. The quantitative estimate of drug-likeness (QED) is 0.822. The molecule has 20 heavy (non-hydrogen) atoms. The van der Waals surface area contributed by atoms with E-state index >= 15 is 0 Å². The number of hydrogen-bond acceptors (Lipinski definition) is 4. The van der Waals surface area contributed by atoms with Crippen LogP contribution in [-0.4, -0.2) is 73.9 Å². The van der Waals surface area contributed by atoms with E-state index in [0.717, 1.165) is 32.3 Å². The first-order valence-electron chi connectivity index (χ1n) is 8.56. The van der Waals surface area contributed by atoms with Crippen molar-refractivity contribution in [3.63, 3.8) is 0 Å². The van der Waals surface area contributed by atoms with Crippen LogP contribution in [0.15, 0.2) is 0 Å². The van der Waals surface area contributed by atoms with Crippen molar-refractivity contribution in [2.75, 3.05) is 52.4 Å². The highest BCUT2D eigenvalue weighted by atomic mass is 16.5. The smallest absolute Gasteiger partial charge is 0.0902 e. The number of piperidine rings is 2. The van der Waals surface area contributed by atoms with Gasteiger partial charge in [-0.25, -0.2) is 0 Å². The van der Waals surface area contributed by atoms with Crippen molar-refractivity contribution in [2.24, 2.45) is 0 Å². The Bertz CT molecular complexity index is 292. The van der Waals surface area contributed by atoms with Crippen molar-refractivity contribution < 1.29 is 4.74 Å². The minimum absolute atomic E-state index is 0.117. The molecule has 116 valence electrons. The molecule has 3 fully saturated rings. The van der Waals surface area contributed by atoms with Crippen molar-refractivity contribution in [3.8, 4) is 0 Å². The van der Waals surface area contributed by atoms with Crippen molar-refractivity contribution in [2.45, 2.75) is 50.7 Å². The number of ether oxygens (including phenoxy) is 1. The predicted molar refractivity (Wildman–Crippen MR) is 82.1 cm³/mol. The normalized spacial score (nSPS) is 29.2. The second-order valence-electron chi connectivity index (χ2n) is 7.07. The molecule has 0 saturated carbocycles. The van der Waals surface area contributed by atoms with Gasteiger partial charge < -0.3 is 19.9 Å². The first-order valence-corrected chi connectivity index (χ1v) is 8.56. The van der Waals surface area contributed by atoms with Gasteiger partial charge in [0.2, 0.25) is 0 Å². The minimum atomic E-state index is 0.117. The van der Waals surface area contributed by atoms with Gasteiger partial charge in [0, 0.05) is 25.7 Å². The Kier molecular flexibility index (Phi) is 4.97. The Balaban J connectivity index is 1.31. The standard InChI is InChI=1S/C16H31N3O/c1-16(13-17-14-16)20-12-11-18-9-5-15(6-10-18)19-7-3-2-4-8-19/h15,17H,2-14H2,1H3. The fourth-order valence-corrected chi connectivity index (χ4v) is 3.79. The van der Waals surface area contributed by atoms with Crippen LogP contribution < -0.4 is 5.32 Å². The number of rotatable bonds is 5. The number of nitrogens with zero attached hydrogens (tertiary/aromatic N) is 2. The maximum atomic E-state index is 6.00. The van der Waals surface area contributed by atoms with Crippen LogP contribution in [0.3, 0.4) is 0 Å². The summed E-state index contributed by atoms with van der Waals surface area (Å²) in [6.45, 7) is 11.5. The highest BCUT2D eigenvalue weighted by molar-refractivity contribution is 4.90. The van der Waals surface area contributed by atoms with Crippen molar-refractivity contribution >= 4 is 0 Å². The topological polar surface area (TPSA) is 27.7 Å². The molecule has 0 bridgehead atoms. The molecule has 0 aliphatic carbocycles. The van der Waals surface area contributed by atoms with Gasteiger partial charge >= 0.3 is 0 Å². The van der Waals surface area contributed by atoms with Gasteiger partial charge in [-0.2, -0.15) is 0 Å². The minimum Gasteiger partial charge on any atom is -0.371 e. The second-order valence-corrected chi connectivity index (χ2v) is 7.07. The highest BCUT2D eigenvalue weighted by Crippen LogP contribution is 2.21. The van der Waals surface area contributed by atoms with E-state index in [2.05, 4.69) is 22.0 Å². The Hall–Kier alpha value is -0.160. The van der Waals surface area contributed by atoms with Gasteiger partial charge in [0.05, 0.1) is 12.2 Å². The number of likely N-dealkylation sites (tertiary alicyclic amines) is 2. The summed E-state index contributed by atoms with van der Waals surface area (Å²) in [5.74, 6) is 0. The average molecular weight is 281 g/mol. The third-order valence-electron chi connectivity index (χ3n) is 5.32. The first kappa shape index (κ1) is 14.8.